The third kappa shape index (κ3) is 4.77. The third-order valence-electron chi connectivity index (χ3n) is 3.37. The number of hydrogen-bond donors (Lipinski definition) is 0. The highest BCUT2D eigenvalue weighted by Crippen LogP contribution is 2.31. The maximum absolute atomic E-state index is 12.8. The molecule has 0 saturated carbocycles. The first-order valence-corrected chi connectivity index (χ1v) is 7.02. The van der Waals surface area contributed by atoms with Gasteiger partial charge in [0.05, 0.1) is 0 Å². The molecule has 1 nitrogen and oxygen atoms in total. The van der Waals surface area contributed by atoms with Crippen molar-refractivity contribution in [3.63, 3.8) is 0 Å². The van der Waals surface area contributed by atoms with E-state index in [1.54, 1.807) is 12.1 Å². The highest BCUT2D eigenvalue weighted by atomic mass is 19.1. The predicted octanol–water partition coefficient (Wildman–Crippen LogP) is 4.77. The van der Waals surface area contributed by atoms with Gasteiger partial charge in [0, 0.05) is 13.2 Å². The van der Waals surface area contributed by atoms with Crippen LogP contribution in [0.3, 0.4) is 0 Å². The highest BCUT2D eigenvalue weighted by Gasteiger charge is 2.21. The average molecular weight is 252 g/mol. The van der Waals surface area contributed by atoms with Crippen molar-refractivity contribution in [3.8, 4) is 0 Å². The second-order valence-electron chi connectivity index (χ2n) is 5.00. The van der Waals surface area contributed by atoms with Crippen LogP contribution >= 0.6 is 0 Å². The molecule has 0 N–H and O–H groups in total. The van der Waals surface area contributed by atoms with Crippen molar-refractivity contribution in [1.29, 1.82) is 0 Å². The maximum atomic E-state index is 12.8. The number of halogens is 1. The Labute approximate surface area is 110 Å². The second kappa shape index (κ2) is 8.25. The molecular weight excluding hydrogens is 227 g/mol. The number of hydrogen-bond acceptors (Lipinski definition) is 1. The summed E-state index contributed by atoms with van der Waals surface area (Å²) >= 11 is 0. The molecule has 0 amide bonds. The fourth-order valence-corrected chi connectivity index (χ4v) is 2.25. The minimum Gasteiger partial charge on any atom is -0.381 e. The van der Waals surface area contributed by atoms with Crippen molar-refractivity contribution in [2.45, 2.75) is 46.0 Å². The Morgan fingerprint density at radius 3 is 2.17 bits per heavy atom. The lowest BCUT2D eigenvalue weighted by Crippen LogP contribution is -2.20. The van der Waals surface area contributed by atoms with Gasteiger partial charge in [0.15, 0.2) is 0 Å². The van der Waals surface area contributed by atoms with Crippen LogP contribution in [0, 0.1) is 11.7 Å². The van der Waals surface area contributed by atoms with Crippen molar-refractivity contribution < 1.29 is 9.13 Å². The molecule has 1 fully saturated rings. The van der Waals surface area contributed by atoms with Crippen LogP contribution in [0.25, 0.3) is 0 Å². The second-order valence-corrected chi connectivity index (χ2v) is 5.00. The van der Waals surface area contributed by atoms with Gasteiger partial charge in [-0.05, 0) is 42.4 Å². The lowest BCUT2D eigenvalue weighted by Gasteiger charge is -2.28. The molecule has 1 aliphatic rings. The zero-order chi connectivity index (χ0) is 13.4. The zero-order valence-electron chi connectivity index (χ0n) is 11.8. The average Bonchev–Trinajstić information content (AvgIpc) is 2.41. The molecule has 0 unspecified atom stereocenters. The number of ether oxygens (including phenoxy) is 1. The Morgan fingerprint density at radius 2 is 1.67 bits per heavy atom. The molecule has 1 saturated heterocycles. The van der Waals surface area contributed by atoms with E-state index in [4.69, 9.17) is 4.74 Å². The van der Waals surface area contributed by atoms with E-state index >= 15 is 0 Å². The van der Waals surface area contributed by atoms with E-state index in [2.05, 4.69) is 20.8 Å². The molecule has 0 aromatic heterocycles. The molecule has 102 valence electrons. The van der Waals surface area contributed by atoms with Gasteiger partial charge in [-0.25, -0.2) is 4.39 Å². The molecule has 0 radical (unpaired) electrons. The van der Waals surface area contributed by atoms with Crippen molar-refractivity contribution in [2.24, 2.45) is 5.92 Å². The van der Waals surface area contributed by atoms with Gasteiger partial charge in [0.2, 0.25) is 0 Å². The Balaban J connectivity index is 0.000000492. The summed E-state index contributed by atoms with van der Waals surface area (Å²) < 4.78 is 18.1. The van der Waals surface area contributed by atoms with Crippen LogP contribution in [0.5, 0.6) is 0 Å². The van der Waals surface area contributed by atoms with E-state index in [-0.39, 0.29) is 5.82 Å². The van der Waals surface area contributed by atoms with Gasteiger partial charge < -0.3 is 4.74 Å². The minimum absolute atomic E-state index is 0.155. The van der Waals surface area contributed by atoms with Crippen LogP contribution in [-0.2, 0) is 4.74 Å². The number of rotatable bonds is 2. The molecule has 1 aromatic rings. The Morgan fingerprint density at radius 1 is 1.17 bits per heavy atom. The van der Waals surface area contributed by atoms with Gasteiger partial charge in [0.25, 0.3) is 0 Å². The summed E-state index contributed by atoms with van der Waals surface area (Å²) in [6, 6.07) is 6.89. The number of benzene rings is 1. The fraction of sp³-hybridized carbons (Fsp3) is 0.625. The van der Waals surface area contributed by atoms with Crippen LogP contribution in [0.15, 0.2) is 24.3 Å². The van der Waals surface area contributed by atoms with E-state index in [1.165, 1.54) is 12.0 Å². The van der Waals surface area contributed by atoms with Gasteiger partial charge in [0.1, 0.15) is 5.82 Å². The Bertz CT molecular complexity index is 314. The van der Waals surface area contributed by atoms with Gasteiger partial charge in [-0.2, -0.15) is 0 Å². The largest absolute Gasteiger partial charge is 0.381 e. The van der Waals surface area contributed by atoms with Crippen LogP contribution in [0.1, 0.15) is 51.5 Å². The first-order valence-electron chi connectivity index (χ1n) is 7.02. The van der Waals surface area contributed by atoms with Gasteiger partial charge in [-0.3, -0.25) is 0 Å². The van der Waals surface area contributed by atoms with E-state index in [1.807, 2.05) is 12.1 Å². The highest BCUT2D eigenvalue weighted by molar-refractivity contribution is 5.20. The van der Waals surface area contributed by atoms with Crippen molar-refractivity contribution in [3.05, 3.63) is 35.6 Å². The monoisotopic (exact) mass is 252 g/mol. The van der Waals surface area contributed by atoms with Crippen LogP contribution in [0.4, 0.5) is 4.39 Å². The molecule has 1 atom stereocenters. The van der Waals surface area contributed by atoms with E-state index < -0.39 is 0 Å². The Hall–Kier alpha value is -0.890. The van der Waals surface area contributed by atoms with Crippen LogP contribution < -0.4 is 0 Å². The Kier molecular flexibility index (Phi) is 6.96. The molecule has 0 aliphatic carbocycles. The normalized spacial score (nSPS) is 17.8. The van der Waals surface area contributed by atoms with Crippen LogP contribution in [0.2, 0.25) is 0 Å². The zero-order valence-corrected chi connectivity index (χ0v) is 11.8. The standard InChI is InChI=1S/C13H17FO.C3H8/c1-10(12-6-8-15-9-7-12)11-2-4-13(14)5-3-11;1-3-2/h2-5,10,12H,6-9H2,1H3;3H2,1-2H3/t10-;/m1./s1. The first kappa shape index (κ1) is 15.2. The summed E-state index contributed by atoms with van der Waals surface area (Å²) in [5.74, 6) is 1.04. The summed E-state index contributed by atoms with van der Waals surface area (Å²) in [6.45, 7) is 8.22. The smallest absolute Gasteiger partial charge is 0.123 e. The molecule has 1 aromatic carbocycles. The lowest BCUT2D eigenvalue weighted by molar-refractivity contribution is 0.0596. The van der Waals surface area contributed by atoms with E-state index in [0.717, 1.165) is 26.1 Å². The molecule has 2 rings (SSSR count). The third-order valence-corrected chi connectivity index (χ3v) is 3.37. The summed E-state index contributed by atoms with van der Waals surface area (Å²) in [5, 5.41) is 0. The van der Waals surface area contributed by atoms with Gasteiger partial charge >= 0.3 is 0 Å². The summed E-state index contributed by atoms with van der Waals surface area (Å²) in [6.07, 6.45) is 3.50. The predicted molar refractivity (Wildman–Crippen MR) is 74.3 cm³/mol. The molecule has 18 heavy (non-hydrogen) atoms. The molecule has 0 bridgehead atoms. The van der Waals surface area contributed by atoms with E-state index in [9.17, 15) is 4.39 Å². The van der Waals surface area contributed by atoms with Crippen molar-refractivity contribution in [1.82, 2.24) is 0 Å². The van der Waals surface area contributed by atoms with Crippen LogP contribution in [-0.4, -0.2) is 13.2 Å². The summed E-state index contributed by atoms with van der Waals surface area (Å²) in [5.41, 5.74) is 1.24. The van der Waals surface area contributed by atoms with E-state index in [0.29, 0.717) is 11.8 Å². The summed E-state index contributed by atoms with van der Waals surface area (Å²) in [4.78, 5) is 0. The molecular formula is C16H25FO. The topological polar surface area (TPSA) is 9.23 Å². The quantitative estimate of drug-likeness (QED) is 0.736. The lowest BCUT2D eigenvalue weighted by atomic mass is 9.83. The first-order chi connectivity index (χ1) is 8.69. The van der Waals surface area contributed by atoms with Gasteiger partial charge in [-0.1, -0.05) is 39.3 Å². The minimum atomic E-state index is -0.155. The molecule has 2 heteroatoms. The summed E-state index contributed by atoms with van der Waals surface area (Å²) in [7, 11) is 0. The maximum Gasteiger partial charge on any atom is 0.123 e. The fourth-order valence-electron chi connectivity index (χ4n) is 2.25. The SMILES string of the molecule is CCC.C[C@H](c1ccc(F)cc1)C1CCOCC1. The van der Waals surface area contributed by atoms with Gasteiger partial charge in [-0.15, -0.1) is 0 Å². The van der Waals surface area contributed by atoms with Crippen molar-refractivity contribution >= 4 is 0 Å². The molecule has 1 heterocycles. The molecule has 0 spiro atoms. The molecule has 1 aliphatic heterocycles. The van der Waals surface area contributed by atoms with Crippen molar-refractivity contribution in [2.75, 3.05) is 13.2 Å².